The molecule has 1 rings (SSSR count). The summed E-state index contributed by atoms with van der Waals surface area (Å²) < 4.78 is 0. The zero-order valence-electron chi connectivity index (χ0n) is 10.7. The molecule has 0 aromatic rings. The largest absolute Gasteiger partial charge is 0.369 e. The van der Waals surface area contributed by atoms with Crippen molar-refractivity contribution >= 4 is 0 Å². The van der Waals surface area contributed by atoms with Crippen LogP contribution in [0.5, 0.6) is 0 Å². The number of hydrogen-bond donors (Lipinski definition) is 1. The lowest BCUT2D eigenvalue weighted by molar-refractivity contribution is 0.330. The SMILES string of the molecule is CN1CNC(C(C)(C)C)=C1C(C)(C)C. The van der Waals surface area contributed by atoms with Gasteiger partial charge in [-0.3, -0.25) is 0 Å². The second kappa shape index (κ2) is 3.18. The Morgan fingerprint density at radius 3 is 1.79 bits per heavy atom. The molecule has 0 aromatic carbocycles. The average molecular weight is 196 g/mol. The van der Waals surface area contributed by atoms with Crippen molar-refractivity contribution < 1.29 is 0 Å². The van der Waals surface area contributed by atoms with Gasteiger partial charge < -0.3 is 10.2 Å². The minimum atomic E-state index is 0.216. The predicted molar refractivity (Wildman–Crippen MR) is 61.7 cm³/mol. The molecule has 0 spiro atoms. The molecule has 0 aromatic heterocycles. The molecule has 0 radical (unpaired) electrons. The topological polar surface area (TPSA) is 15.3 Å². The summed E-state index contributed by atoms with van der Waals surface area (Å²) in [6.07, 6.45) is 0. The quantitative estimate of drug-likeness (QED) is 0.641. The van der Waals surface area contributed by atoms with Crippen molar-refractivity contribution in [2.75, 3.05) is 13.7 Å². The first-order valence-electron chi connectivity index (χ1n) is 5.34. The summed E-state index contributed by atoms with van der Waals surface area (Å²) in [7, 11) is 2.16. The van der Waals surface area contributed by atoms with Crippen LogP contribution in [0.1, 0.15) is 41.5 Å². The summed E-state index contributed by atoms with van der Waals surface area (Å²) >= 11 is 0. The minimum Gasteiger partial charge on any atom is -0.369 e. The first-order chi connectivity index (χ1) is 6.14. The van der Waals surface area contributed by atoms with Gasteiger partial charge in [0.25, 0.3) is 0 Å². The highest BCUT2D eigenvalue weighted by Gasteiger charge is 2.34. The van der Waals surface area contributed by atoms with Gasteiger partial charge in [-0.15, -0.1) is 0 Å². The Labute approximate surface area is 88.4 Å². The van der Waals surface area contributed by atoms with Gasteiger partial charge in [0.1, 0.15) is 0 Å². The fourth-order valence-electron chi connectivity index (χ4n) is 2.12. The van der Waals surface area contributed by atoms with E-state index in [9.17, 15) is 0 Å². The molecule has 0 atom stereocenters. The van der Waals surface area contributed by atoms with Gasteiger partial charge in [-0.1, -0.05) is 41.5 Å². The van der Waals surface area contributed by atoms with E-state index in [2.05, 4.69) is 58.8 Å². The van der Waals surface area contributed by atoms with Crippen LogP contribution in [-0.4, -0.2) is 18.6 Å². The highest BCUT2D eigenvalue weighted by atomic mass is 15.3. The smallest absolute Gasteiger partial charge is 0.0869 e. The molecule has 0 bridgehead atoms. The fourth-order valence-corrected chi connectivity index (χ4v) is 2.12. The average Bonchev–Trinajstić information content (AvgIpc) is 2.27. The standard InChI is InChI=1S/C12H24N2/c1-11(2,3)9-10(12(4,5)6)14(7)8-13-9/h13H,8H2,1-7H3. The van der Waals surface area contributed by atoms with Crippen LogP contribution in [0.4, 0.5) is 0 Å². The summed E-state index contributed by atoms with van der Waals surface area (Å²) in [5.41, 5.74) is 3.28. The van der Waals surface area contributed by atoms with Crippen LogP contribution < -0.4 is 5.32 Å². The van der Waals surface area contributed by atoms with Gasteiger partial charge in [0.15, 0.2) is 0 Å². The molecule has 0 unspecified atom stereocenters. The van der Waals surface area contributed by atoms with Crippen LogP contribution in [0.3, 0.4) is 0 Å². The van der Waals surface area contributed by atoms with E-state index in [4.69, 9.17) is 0 Å². The number of allylic oxidation sites excluding steroid dienone is 2. The molecule has 1 N–H and O–H groups in total. The third-order valence-corrected chi connectivity index (χ3v) is 2.57. The van der Waals surface area contributed by atoms with Crippen LogP contribution in [0.15, 0.2) is 11.4 Å². The zero-order valence-corrected chi connectivity index (χ0v) is 10.7. The first-order valence-corrected chi connectivity index (χ1v) is 5.34. The van der Waals surface area contributed by atoms with Gasteiger partial charge in [-0.05, 0) is 0 Å². The molecule has 0 amide bonds. The summed E-state index contributed by atoms with van der Waals surface area (Å²) in [5.74, 6) is 0. The number of nitrogens with one attached hydrogen (secondary N) is 1. The van der Waals surface area contributed by atoms with Crippen molar-refractivity contribution in [2.24, 2.45) is 10.8 Å². The summed E-state index contributed by atoms with van der Waals surface area (Å²) in [6, 6.07) is 0. The molecule has 0 saturated heterocycles. The van der Waals surface area contributed by atoms with E-state index in [1.165, 1.54) is 11.4 Å². The Morgan fingerprint density at radius 1 is 1.00 bits per heavy atom. The molecule has 0 saturated carbocycles. The van der Waals surface area contributed by atoms with E-state index >= 15 is 0 Å². The van der Waals surface area contributed by atoms with Crippen LogP contribution in [0.25, 0.3) is 0 Å². The molecule has 2 heteroatoms. The molecule has 0 fully saturated rings. The second-order valence-corrected chi connectivity index (χ2v) is 6.26. The van der Waals surface area contributed by atoms with Crippen LogP contribution in [0.2, 0.25) is 0 Å². The maximum absolute atomic E-state index is 3.51. The van der Waals surface area contributed by atoms with E-state index in [-0.39, 0.29) is 10.8 Å². The van der Waals surface area contributed by atoms with Gasteiger partial charge in [-0.2, -0.15) is 0 Å². The molecular weight excluding hydrogens is 172 g/mol. The normalized spacial score (nSPS) is 18.9. The van der Waals surface area contributed by atoms with Gasteiger partial charge in [0.05, 0.1) is 6.67 Å². The highest BCUT2D eigenvalue weighted by molar-refractivity contribution is 5.25. The molecule has 82 valence electrons. The number of hydrogen-bond acceptors (Lipinski definition) is 2. The zero-order chi connectivity index (χ0) is 11.1. The van der Waals surface area contributed by atoms with Crippen molar-refractivity contribution in [3.8, 4) is 0 Å². The Balaban J connectivity index is 3.16. The molecule has 2 nitrogen and oxygen atoms in total. The van der Waals surface area contributed by atoms with Crippen LogP contribution >= 0.6 is 0 Å². The Bertz CT molecular complexity index is 250. The van der Waals surface area contributed by atoms with E-state index in [1.807, 2.05) is 0 Å². The van der Waals surface area contributed by atoms with E-state index < -0.39 is 0 Å². The van der Waals surface area contributed by atoms with E-state index in [1.54, 1.807) is 0 Å². The van der Waals surface area contributed by atoms with Gasteiger partial charge in [0, 0.05) is 29.3 Å². The Kier molecular flexibility index (Phi) is 2.59. The minimum absolute atomic E-state index is 0.216. The predicted octanol–water partition coefficient (Wildman–Crippen LogP) is 2.78. The maximum Gasteiger partial charge on any atom is 0.0869 e. The Hall–Kier alpha value is -0.660. The van der Waals surface area contributed by atoms with Crippen molar-refractivity contribution in [1.29, 1.82) is 0 Å². The van der Waals surface area contributed by atoms with Crippen LogP contribution in [-0.2, 0) is 0 Å². The maximum atomic E-state index is 3.51. The van der Waals surface area contributed by atoms with Crippen molar-refractivity contribution in [2.45, 2.75) is 41.5 Å². The molecule has 1 aliphatic rings. The van der Waals surface area contributed by atoms with Crippen molar-refractivity contribution in [1.82, 2.24) is 10.2 Å². The third-order valence-electron chi connectivity index (χ3n) is 2.57. The lowest BCUT2D eigenvalue weighted by Crippen LogP contribution is -2.25. The lowest BCUT2D eigenvalue weighted by atomic mass is 9.83. The summed E-state index contributed by atoms with van der Waals surface area (Å²) in [5, 5.41) is 3.51. The van der Waals surface area contributed by atoms with Gasteiger partial charge in [-0.25, -0.2) is 0 Å². The van der Waals surface area contributed by atoms with Gasteiger partial charge in [0.2, 0.25) is 0 Å². The third kappa shape index (κ3) is 2.05. The van der Waals surface area contributed by atoms with E-state index in [0.717, 1.165) is 6.67 Å². The Morgan fingerprint density at radius 2 is 1.50 bits per heavy atom. The second-order valence-electron chi connectivity index (χ2n) is 6.26. The summed E-state index contributed by atoms with van der Waals surface area (Å²) in [4.78, 5) is 2.32. The fraction of sp³-hybridized carbons (Fsp3) is 0.833. The highest BCUT2D eigenvalue weighted by Crippen LogP contribution is 2.38. The molecule has 1 aliphatic heterocycles. The van der Waals surface area contributed by atoms with E-state index in [0.29, 0.717) is 0 Å². The molecular formula is C12H24N2. The van der Waals surface area contributed by atoms with Crippen molar-refractivity contribution in [3.63, 3.8) is 0 Å². The monoisotopic (exact) mass is 196 g/mol. The van der Waals surface area contributed by atoms with Gasteiger partial charge >= 0.3 is 0 Å². The van der Waals surface area contributed by atoms with Crippen LogP contribution in [0, 0.1) is 10.8 Å². The summed E-state index contributed by atoms with van der Waals surface area (Å²) in [6.45, 7) is 14.6. The first kappa shape index (κ1) is 11.4. The molecule has 14 heavy (non-hydrogen) atoms. The number of nitrogens with zero attached hydrogens (tertiary/aromatic N) is 1. The molecule has 0 aliphatic carbocycles. The van der Waals surface area contributed by atoms with Crippen molar-refractivity contribution in [3.05, 3.63) is 11.4 Å². The number of rotatable bonds is 0. The lowest BCUT2D eigenvalue weighted by Gasteiger charge is -2.31. The molecule has 1 heterocycles.